The second kappa shape index (κ2) is 8.35. The molecule has 1 heterocycles. The van der Waals surface area contributed by atoms with E-state index in [9.17, 15) is 13.6 Å². The number of nitrogens with one attached hydrogen (secondary N) is 1. The summed E-state index contributed by atoms with van der Waals surface area (Å²) in [6.45, 7) is 0.797. The van der Waals surface area contributed by atoms with Crippen molar-refractivity contribution in [1.29, 1.82) is 0 Å². The van der Waals surface area contributed by atoms with Gasteiger partial charge in [0.1, 0.15) is 23.1 Å². The molecule has 1 amide bonds. The molecule has 1 fully saturated rings. The number of methoxy groups -OCH3 is 2. The average Bonchev–Trinajstić information content (AvgIpc) is 3.11. The van der Waals surface area contributed by atoms with Crippen LogP contribution < -0.4 is 14.8 Å². The zero-order chi connectivity index (χ0) is 19.4. The van der Waals surface area contributed by atoms with Gasteiger partial charge in [0, 0.05) is 17.7 Å². The first-order valence-corrected chi connectivity index (χ1v) is 8.72. The van der Waals surface area contributed by atoms with Crippen LogP contribution in [0, 0.1) is 11.6 Å². The Morgan fingerprint density at radius 3 is 2.74 bits per heavy atom. The Kier molecular flexibility index (Phi) is 5.91. The zero-order valence-electron chi connectivity index (χ0n) is 15.3. The number of anilines is 1. The molecule has 2 aromatic rings. The molecule has 2 aromatic carbocycles. The van der Waals surface area contributed by atoms with E-state index in [0.29, 0.717) is 5.75 Å². The van der Waals surface area contributed by atoms with Crippen LogP contribution in [0.25, 0.3) is 0 Å². The highest BCUT2D eigenvalue weighted by Gasteiger charge is 2.30. The van der Waals surface area contributed by atoms with E-state index in [2.05, 4.69) is 5.32 Å². The predicted octanol–water partition coefficient (Wildman–Crippen LogP) is 3.76. The number of benzene rings is 2. The first kappa shape index (κ1) is 19.1. The molecule has 27 heavy (non-hydrogen) atoms. The van der Waals surface area contributed by atoms with Gasteiger partial charge in [-0.1, -0.05) is 0 Å². The van der Waals surface area contributed by atoms with Gasteiger partial charge in [0.05, 0.1) is 26.5 Å². The molecule has 0 radical (unpaired) electrons. The molecule has 0 aromatic heterocycles. The Morgan fingerprint density at radius 1 is 1.19 bits per heavy atom. The molecule has 1 aliphatic rings. The summed E-state index contributed by atoms with van der Waals surface area (Å²) in [5, 5.41) is 2.45. The minimum Gasteiger partial charge on any atom is -0.497 e. The molecule has 1 atom stereocenters. The SMILES string of the molecule is COc1ccc(OC)c([C@@H]2CCCN2CC(=O)Nc2cc(F)ccc2F)c1. The number of ether oxygens (including phenoxy) is 2. The quantitative estimate of drug-likeness (QED) is 0.834. The largest absolute Gasteiger partial charge is 0.497 e. The molecule has 7 heteroatoms. The van der Waals surface area contributed by atoms with E-state index in [0.717, 1.165) is 48.9 Å². The highest BCUT2D eigenvalue weighted by molar-refractivity contribution is 5.92. The number of likely N-dealkylation sites (tertiary alicyclic amines) is 1. The molecule has 144 valence electrons. The van der Waals surface area contributed by atoms with E-state index in [1.807, 2.05) is 23.1 Å². The van der Waals surface area contributed by atoms with Crippen molar-refractivity contribution in [2.24, 2.45) is 0 Å². The van der Waals surface area contributed by atoms with Crippen LogP contribution in [-0.2, 0) is 4.79 Å². The lowest BCUT2D eigenvalue weighted by atomic mass is 10.0. The number of amides is 1. The molecule has 0 unspecified atom stereocenters. The molecule has 1 N–H and O–H groups in total. The van der Waals surface area contributed by atoms with Gasteiger partial charge in [-0.2, -0.15) is 0 Å². The Labute approximate surface area is 156 Å². The second-order valence-corrected chi connectivity index (χ2v) is 6.41. The average molecular weight is 376 g/mol. The van der Waals surface area contributed by atoms with Crippen molar-refractivity contribution in [3.63, 3.8) is 0 Å². The van der Waals surface area contributed by atoms with E-state index >= 15 is 0 Å². The van der Waals surface area contributed by atoms with Crippen LogP contribution in [0.4, 0.5) is 14.5 Å². The Hall–Kier alpha value is -2.67. The van der Waals surface area contributed by atoms with E-state index in [1.165, 1.54) is 0 Å². The number of nitrogens with zero attached hydrogens (tertiary/aromatic N) is 1. The standard InChI is InChI=1S/C20H22F2N2O3/c1-26-14-6-8-19(27-2)15(11-14)18-4-3-9-24(18)12-20(25)23-17-10-13(21)5-7-16(17)22/h5-8,10-11,18H,3-4,9,12H2,1-2H3,(H,23,25)/t18-/m0/s1. The van der Waals surface area contributed by atoms with Gasteiger partial charge in [-0.05, 0) is 49.7 Å². The topological polar surface area (TPSA) is 50.8 Å². The molecule has 3 rings (SSSR count). The van der Waals surface area contributed by atoms with Crippen LogP contribution in [-0.4, -0.2) is 38.1 Å². The summed E-state index contributed by atoms with van der Waals surface area (Å²) in [5.41, 5.74) is 0.786. The molecular weight excluding hydrogens is 354 g/mol. The van der Waals surface area contributed by atoms with Crippen molar-refractivity contribution < 1.29 is 23.0 Å². The summed E-state index contributed by atoms with van der Waals surface area (Å²) in [5.74, 6) is -0.231. The fourth-order valence-electron chi connectivity index (χ4n) is 3.43. The molecule has 1 saturated heterocycles. The lowest BCUT2D eigenvalue weighted by Gasteiger charge is -2.26. The van der Waals surface area contributed by atoms with Crippen molar-refractivity contribution in [3.8, 4) is 11.5 Å². The number of carbonyl (C=O) groups is 1. The zero-order valence-corrected chi connectivity index (χ0v) is 15.3. The van der Waals surface area contributed by atoms with Gasteiger partial charge in [-0.25, -0.2) is 8.78 Å². The van der Waals surface area contributed by atoms with Crippen LogP contribution in [0.1, 0.15) is 24.4 Å². The van der Waals surface area contributed by atoms with Gasteiger partial charge >= 0.3 is 0 Å². The van der Waals surface area contributed by atoms with Gasteiger partial charge in [0.15, 0.2) is 0 Å². The maximum absolute atomic E-state index is 13.7. The van der Waals surface area contributed by atoms with Gasteiger partial charge in [0.2, 0.25) is 5.91 Å². The predicted molar refractivity (Wildman–Crippen MR) is 98.1 cm³/mol. The summed E-state index contributed by atoms with van der Waals surface area (Å²) in [6.07, 6.45) is 1.79. The van der Waals surface area contributed by atoms with Crippen molar-refractivity contribution in [3.05, 3.63) is 53.6 Å². The third-order valence-electron chi connectivity index (χ3n) is 4.71. The van der Waals surface area contributed by atoms with E-state index in [4.69, 9.17) is 9.47 Å². The monoisotopic (exact) mass is 376 g/mol. The van der Waals surface area contributed by atoms with Crippen LogP contribution in [0.15, 0.2) is 36.4 Å². The fraction of sp³-hybridized carbons (Fsp3) is 0.350. The summed E-state index contributed by atoms with van der Waals surface area (Å²) < 4.78 is 37.8. The Balaban J connectivity index is 1.75. The van der Waals surface area contributed by atoms with Crippen LogP contribution in [0.2, 0.25) is 0 Å². The van der Waals surface area contributed by atoms with Crippen LogP contribution in [0.5, 0.6) is 11.5 Å². The van der Waals surface area contributed by atoms with E-state index in [1.54, 1.807) is 14.2 Å². The van der Waals surface area contributed by atoms with Gasteiger partial charge in [0.25, 0.3) is 0 Å². The van der Waals surface area contributed by atoms with Crippen LogP contribution >= 0.6 is 0 Å². The Bertz CT molecular complexity index is 829. The number of halogens is 2. The third-order valence-corrected chi connectivity index (χ3v) is 4.71. The minimum absolute atomic E-state index is 0.0156. The maximum Gasteiger partial charge on any atom is 0.238 e. The van der Waals surface area contributed by atoms with Crippen molar-refractivity contribution in [1.82, 2.24) is 4.90 Å². The van der Waals surface area contributed by atoms with Crippen molar-refractivity contribution in [2.75, 3.05) is 32.6 Å². The number of hydrogen-bond donors (Lipinski definition) is 1. The number of rotatable bonds is 6. The number of hydrogen-bond acceptors (Lipinski definition) is 4. The van der Waals surface area contributed by atoms with Crippen molar-refractivity contribution in [2.45, 2.75) is 18.9 Å². The molecular formula is C20H22F2N2O3. The molecule has 1 aliphatic heterocycles. The first-order valence-electron chi connectivity index (χ1n) is 8.72. The van der Waals surface area contributed by atoms with Gasteiger partial charge in [-0.3, -0.25) is 9.69 Å². The van der Waals surface area contributed by atoms with Gasteiger partial charge < -0.3 is 14.8 Å². The highest BCUT2D eigenvalue weighted by atomic mass is 19.1. The summed E-state index contributed by atoms with van der Waals surface area (Å²) >= 11 is 0. The molecule has 0 aliphatic carbocycles. The first-order chi connectivity index (χ1) is 13.0. The van der Waals surface area contributed by atoms with E-state index in [-0.39, 0.29) is 18.3 Å². The summed E-state index contributed by atoms with van der Waals surface area (Å²) in [6, 6.07) is 8.53. The highest BCUT2D eigenvalue weighted by Crippen LogP contribution is 2.38. The molecule has 0 saturated carbocycles. The smallest absolute Gasteiger partial charge is 0.238 e. The summed E-state index contributed by atoms with van der Waals surface area (Å²) in [7, 11) is 3.20. The minimum atomic E-state index is -0.669. The lowest BCUT2D eigenvalue weighted by Crippen LogP contribution is -2.33. The second-order valence-electron chi connectivity index (χ2n) is 6.41. The van der Waals surface area contributed by atoms with E-state index < -0.39 is 17.5 Å². The normalized spacial score (nSPS) is 17.0. The molecule has 5 nitrogen and oxygen atoms in total. The summed E-state index contributed by atoms with van der Waals surface area (Å²) in [4.78, 5) is 14.4. The van der Waals surface area contributed by atoms with Gasteiger partial charge in [-0.15, -0.1) is 0 Å². The number of carbonyl (C=O) groups excluding carboxylic acids is 1. The van der Waals surface area contributed by atoms with Crippen molar-refractivity contribution >= 4 is 11.6 Å². The lowest BCUT2D eigenvalue weighted by molar-refractivity contribution is -0.117. The maximum atomic E-state index is 13.7. The molecule has 0 spiro atoms. The third kappa shape index (κ3) is 4.36. The Morgan fingerprint density at radius 2 is 2.00 bits per heavy atom. The fourth-order valence-corrected chi connectivity index (χ4v) is 3.43. The molecule has 0 bridgehead atoms. The van der Waals surface area contributed by atoms with Crippen LogP contribution in [0.3, 0.4) is 0 Å².